The number of rotatable bonds is 15. The van der Waals surface area contributed by atoms with Crippen molar-refractivity contribution in [3.05, 3.63) is 94.5 Å². The highest BCUT2D eigenvalue weighted by Gasteiger charge is 2.31. The second kappa shape index (κ2) is 15.7. The molecular weight excluding hydrogens is 618 g/mol. The number of hydrogen-bond donors (Lipinski definition) is 1. The van der Waals surface area contributed by atoms with Gasteiger partial charge in [0, 0.05) is 36.4 Å². The summed E-state index contributed by atoms with van der Waals surface area (Å²) in [4.78, 5) is 29.2. The van der Waals surface area contributed by atoms with Crippen molar-refractivity contribution in [1.82, 2.24) is 10.2 Å². The molecule has 0 aliphatic carbocycles. The van der Waals surface area contributed by atoms with E-state index in [1.54, 1.807) is 36.3 Å². The van der Waals surface area contributed by atoms with Crippen LogP contribution in [-0.2, 0) is 32.6 Å². The maximum Gasteiger partial charge on any atom is 0.243 e. The summed E-state index contributed by atoms with van der Waals surface area (Å²) in [5, 5.41) is 3.07. The van der Waals surface area contributed by atoms with Crippen molar-refractivity contribution < 1.29 is 22.7 Å². The minimum absolute atomic E-state index is 0.0479. The van der Waals surface area contributed by atoms with E-state index in [0.717, 1.165) is 28.3 Å². The van der Waals surface area contributed by atoms with E-state index in [0.29, 0.717) is 17.9 Å². The monoisotopic (exact) mass is 657 g/mol. The van der Waals surface area contributed by atoms with Crippen LogP contribution in [0.1, 0.15) is 44.2 Å². The second-order valence-corrected chi connectivity index (χ2v) is 13.1. The number of anilines is 1. The molecule has 0 unspecified atom stereocenters. The molecule has 3 aromatic rings. The topological polar surface area (TPSA) is 96.0 Å². The lowest BCUT2D eigenvalue weighted by Gasteiger charge is -2.32. The smallest absolute Gasteiger partial charge is 0.243 e. The number of carbonyl (C=O) groups is 2. The molecular formula is C32H40BrN3O5S. The zero-order chi connectivity index (χ0) is 30.7. The number of sulfonamides is 1. The van der Waals surface area contributed by atoms with Gasteiger partial charge in [-0.1, -0.05) is 65.3 Å². The van der Waals surface area contributed by atoms with Crippen LogP contribution in [0.3, 0.4) is 0 Å². The average molecular weight is 659 g/mol. The molecule has 0 aliphatic rings. The van der Waals surface area contributed by atoms with E-state index < -0.39 is 16.1 Å². The van der Waals surface area contributed by atoms with Gasteiger partial charge in [0.05, 0.1) is 19.1 Å². The van der Waals surface area contributed by atoms with Crippen molar-refractivity contribution in [3.8, 4) is 5.75 Å². The standard InChI is InChI=1S/C32H40BrN3O5S/c1-5-24(2)34-32(38)30(22-25-10-7-6-8-11-25)35(23-26-13-15-27(33)16-14-26)31(37)12-9-21-36(42(4,39)40)28-17-19-29(41-3)20-18-28/h6-8,10-11,13-20,24,30H,5,9,12,21-23H2,1-4H3,(H,34,38)/t24-,30+/m1/s1. The Morgan fingerprint density at radius 2 is 1.60 bits per heavy atom. The number of halogens is 1. The van der Waals surface area contributed by atoms with E-state index in [2.05, 4.69) is 21.2 Å². The predicted molar refractivity (Wildman–Crippen MR) is 171 cm³/mol. The summed E-state index contributed by atoms with van der Waals surface area (Å²) >= 11 is 3.46. The Labute approximate surface area is 258 Å². The molecule has 0 saturated carbocycles. The summed E-state index contributed by atoms with van der Waals surface area (Å²) in [7, 11) is -2.05. The largest absolute Gasteiger partial charge is 0.497 e. The molecule has 3 rings (SSSR count). The van der Waals surface area contributed by atoms with Crippen LogP contribution in [0.15, 0.2) is 83.3 Å². The van der Waals surface area contributed by atoms with Crippen LogP contribution in [0.5, 0.6) is 5.75 Å². The number of nitrogens with zero attached hydrogens (tertiary/aromatic N) is 2. The summed E-state index contributed by atoms with van der Waals surface area (Å²) in [5.74, 6) is 0.182. The Kier molecular flexibility index (Phi) is 12.4. The fourth-order valence-corrected chi connectivity index (χ4v) is 5.76. The van der Waals surface area contributed by atoms with Crippen LogP contribution < -0.4 is 14.4 Å². The Balaban J connectivity index is 1.87. The lowest BCUT2D eigenvalue weighted by molar-refractivity contribution is -0.141. The molecule has 0 radical (unpaired) electrons. The molecule has 10 heteroatoms. The number of benzene rings is 3. The van der Waals surface area contributed by atoms with Gasteiger partial charge < -0.3 is 15.0 Å². The van der Waals surface area contributed by atoms with Crippen molar-refractivity contribution in [2.45, 2.75) is 58.2 Å². The summed E-state index contributed by atoms with van der Waals surface area (Å²) in [6, 6.07) is 23.3. The van der Waals surface area contributed by atoms with E-state index in [4.69, 9.17) is 4.74 Å². The quantitative estimate of drug-likeness (QED) is 0.231. The van der Waals surface area contributed by atoms with Crippen LogP contribution >= 0.6 is 15.9 Å². The second-order valence-electron chi connectivity index (χ2n) is 10.3. The number of hydrogen-bond acceptors (Lipinski definition) is 5. The number of ether oxygens (including phenoxy) is 1. The molecule has 0 fully saturated rings. The average Bonchev–Trinajstić information content (AvgIpc) is 2.97. The summed E-state index contributed by atoms with van der Waals surface area (Å²) < 4.78 is 32.7. The molecule has 0 bridgehead atoms. The van der Waals surface area contributed by atoms with Gasteiger partial charge in [0.2, 0.25) is 21.8 Å². The van der Waals surface area contributed by atoms with Crippen LogP contribution in [0.25, 0.3) is 0 Å². The highest BCUT2D eigenvalue weighted by molar-refractivity contribution is 9.10. The fourth-order valence-electron chi connectivity index (χ4n) is 4.53. The molecule has 2 atom stereocenters. The number of amides is 2. The first-order chi connectivity index (χ1) is 20.0. The van der Waals surface area contributed by atoms with Crippen LogP contribution in [0.2, 0.25) is 0 Å². The first kappa shape index (κ1) is 33.1. The summed E-state index contributed by atoms with van der Waals surface area (Å²) in [5.41, 5.74) is 2.32. The summed E-state index contributed by atoms with van der Waals surface area (Å²) in [6.07, 6.45) is 2.61. The van der Waals surface area contributed by atoms with Gasteiger partial charge in [-0.15, -0.1) is 0 Å². The van der Waals surface area contributed by atoms with Gasteiger partial charge in [-0.3, -0.25) is 13.9 Å². The van der Waals surface area contributed by atoms with Crippen LogP contribution in [-0.4, -0.2) is 57.1 Å². The maximum atomic E-state index is 13.9. The van der Waals surface area contributed by atoms with Gasteiger partial charge >= 0.3 is 0 Å². The molecule has 226 valence electrons. The lowest BCUT2D eigenvalue weighted by atomic mass is 10.0. The Bertz CT molecular complexity index is 1400. The van der Waals surface area contributed by atoms with Gasteiger partial charge in [0.25, 0.3) is 0 Å². The Morgan fingerprint density at radius 1 is 0.952 bits per heavy atom. The SMILES string of the molecule is CC[C@@H](C)NC(=O)[C@H](Cc1ccccc1)N(Cc1ccc(Br)cc1)C(=O)CCCN(c1ccc(OC)cc1)S(C)(=O)=O. The molecule has 1 N–H and O–H groups in total. The maximum absolute atomic E-state index is 13.9. The third kappa shape index (κ3) is 9.87. The van der Waals surface area contributed by atoms with Gasteiger partial charge in [-0.25, -0.2) is 8.42 Å². The van der Waals surface area contributed by atoms with Gasteiger partial charge in [-0.2, -0.15) is 0 Å². The van der Waals surface area contributed by atoms with Gasteiger partial charge in [0.15, 0.2) is 0 Å². The van der Waals surface area contributed by atoms with Crippen molar-refractivity contribution in [2.75, 3.05) is 24.2 Å². The van der Waals surface area contributed by atoms with Crippen LogP contribution in [0, 0.1) is 0 Å². The van der Waals surface area contributed by atoms with Gasteiger partial charge in [0.1, 0.15) is 11.8 Å². The van der Waals surface area contributed by atoms with E-state index in [9.17, 15) is 18.0 Å². The van der Waals surface area contributed by atoms with E-state index in [-0.39, 0.29) is 43.8 Å². The van der Waals surface area contributed by atoms with Crippen molar-refractivity contribution >= 4 is 43.5 Å². The number of nitrogens with one attached hydrogen (secondary N) is 1. The predicted octanol–water partition coefficient (Wildman–Crippen LogP) is 5.56. The lowest BCUT2D eigenvalue weighted by Crippen LogP contribution is -2.52. The third-order valence-electron chi connectivity index (χ3n) is 7.05. The summed E-state index contributed by atoms with van der Waals surface area (Å²) in [6.45, 7) is 4.30. The normalized spacial score (nSPS) is 12.7. The van der Waals surface area contributed by atoms with Gasteiger partial charge in [-0.05, 0) is 67.3 Å². The van der Waals surface area contributed by atoms with Crippen molar-refractivity contribution in [3.63, 3.8) is 0 Å². The molecule has 0 aliphatic heterocycles. The van der Waals surface area contributed by atoms with E-state index in [1.165, 1.54) is 4.31 Å². The van der Waals surface area contributed by atoms with E-state index >= 15 is 0 Å². The molecule has 0 saturated heterocycles. The van der Waals surface area contributed by atoms with Crippen LogP contribution in [0.4, 0.5) is 5.69 Å². The number of methoxy groups -OCH3 is 1. The zero-order valence-electron chi connectivity index (χ0n) is 24.6. The first-order valence-corrected chi connectivity index (χ1v) is 16.7. The zero-order valence-corrected chi connectivity index (χ0v) is 27.0. The Hall–Kier alpha value is -3.37. The molecule has 0 heterocycles. The molecule has 2 amide bonds. The number of carbonyl (C=O) groups excluding carboxylic acids is 2. The molecule has 8 nitrogen and oxygen atoms in total. The fraction of sp³-hybridized carbons (Fsp3) is 0.375. The molecule has 42 heavy (non-hydrogen) atoms. The Morgan fingerprint density at radius 3 is 2.17 bits per heavy atom. The highest BCUT2D eigenvalue weighted by Crippen LogP contribution is 2.23. The minimum Gasteiger partial charge on any atom is -0.497 e. The van der Waals surface area contributed by atoms with Crippen molar-refractivity contribution in [2.24, 2.45) is 0 Å². The van der Waals surface area contributed by atoms with E-state index in [1.807, 2.05) is 68.4 Å². The third-order valence-corrected chi connectivity index (χ3v) is 8.77. The molecule has 3 aromatic carbocycles. The first-order valence-electron chi connectivity index (χ1n) is 14.0. The minimum atomic E-state index is -3.60. The van der Waals surface area contributed by atoms with Crippen molar-refractivity contribution in [1.29, 1.82) is 0 Å². The molecule has 0 aromatic heterocycles. The highest BCUT2D eigenvalue weighted by atomic mass is 79.9. The molecule has 0 spiro atoms.